The Hall–Kier alpha value is -0.160. The van der Waals surface area contributed by atoms with E-state index in [0.717, 1.165) is 13.0 Å². The quantitative estimate of drug-likeness (QED) is 0.403. The summed E-state index contributed by atoms with van der Waals surface area (Å²) in [6.45, 7) is 9.51. The molecule has 0 aliphatic heterocycles. The summed E-state index contributed by atoms with van der Waals surface area (Å²) in [5, 5.41) is 19.6. The first-order valence-corrected chi connectivity index (χ1v) is 9.75. The second-order valence-electron chi connectivity index (χ2n) is 7.16. The zero-order valence-corrected chi connectivity index (χ0v) is 16.0. The molecule has 0 aromatic rings. The molecule has 0 heterocycles. The molecule has 0 saturated carbocycles. The van der Waals surface area contributed by atoms with Crippen molar-refractivity contribution in [2.24, 2.45) is 5.73 Å². The first-order chi connectivity index (χ1) is 10.9. The highest BCUT2D eigenvalue weighted by Crippen LogP contribution is 2.17. The second-order valence-corrected chi connectivity index (χ2v) is 7.16. The van der Waals surface area contributed by atoms with Gasteiger partial charge in [0, 0.05) is 25.2 Å². The van der Waals surface area contributed by atoms with E-state index >= 15 is 0 Å². The molecule has 0 fully saturated rings. The summed E-state index contributed by atoms with van der Waals surface area (Å²) < 4.78 is 0. The molecule has 0 spiro atoms. The van der Waals surface area contributed by atoms with E-state index in [1.54, 1.807) is 0 Å². The molecule has 4 heteroatoms. The first kappa shape index (κ1) is 22.8. The molecule has 4 nitrogen and oxygen atoms in total. The fourth-order valence-corrected chi connectivity index (χ4v) is 3.08. The average Bonchev–Trinajstić information content (AvgIpc) is 2.53. The van der Waals surface area contributed by atoms with Gasteiger partial charge in [-0.15, -0.1) is 0 Å². The van der Waals surface area contributed by atoms with Crippen molar-refractivity contribution in [3.05, 3.63) is 0 Å². The Morgan fingerprint density at radius 3 is 1.96 bits per heavy atom. The van der Waals surface area contributed by atoms with Crippen LogP contribution in [0.4, 0.5) is 0 Å². The molecule has 0 bridgehead atoms. The van der Waals surface area contributed by atoms with Crippen molar-refractivity contribution >= 4 is 0 Å². The highest BCUT2D eigenvalue weighted by atomic mass is 16.3. The predicted molar refractivity (Wildman–Crippen MR) is 99.6 cm³/mol. The number of rotatable bonds is 15. The molecule has 4 unspecified atom stereocenters. The van der Waals surface area contributed by atoms with Crippen LogP contribution < -0.4 is 5.73 Å². The van der Waals surface area contributed by atoms with Crippen LogP contribution in [0.25, 0.3) is 0 Å². The molecule has 0 aliphatic carbocycles. The smallest absolute Gasteiger partial charge is 0.0674 e. The first-order valence-electron chi connectivity index (χ1n) is 9.75. The molecule has 0 amide bonds. The molecule has 0 aromatic heterocycles. The number of nitrogens with two attached hydrogens (primary N) is 1. The maximum Gasteiger partial charge on any atom is 0.0674 e. The van der Waals surface area contributed by atoms with Gasteiger partial charge in [-0.1, -0.05) is 51.9 Å². The molecule has 4 N–H and O–H groups in total. The Morgan fingerprint density at radius 2 is 1.43 bits per heavy atom. The fraction of sp³-hybridized carbons (Fsp3) is 1.00. The topological polar surface area (TPSA) is 69.7 Å². The lowest BCUT2D eigenvalue weighted by Crippen LogP contribution is -2.47. The zero-order chi connectivity index (χ0) is 17.7. The number of hydrogen-bond donors (Lipinski definition) is 3. The van der Waals surface area contributed by atoms with E-state index in [-0.39, 0.29) is 12.1 Å². The number of aliphatic hydroxyl groups excluding tert-OH is 2. The van der Waals surface area contributed by atoms with Crippen molar-refractivity contribution in [3.8, 4) is 0 Å². The van der Waals surface area contributed by atoms with Crippen LogP contribution in [-0.4, -0.2) is 52.5 Å². The van der Waals surface area contributed by atoms with Crippen LogP contribution in [0, 0.1) is 0 Å². The molecular formula is C19H42N2O2. The van der Waals surface area contributed by atoms with Crippen LogP contribution in [-0.2, 0) is 0 Å². The van der Waals surface area contributed by atoms with Crippen molar-refractivity contribution < 1.29 is 10.2 Å². The van der Waals surface area contributed by atoms with Crippen molar-refractivity contribution in [2.75, 3.05) is 13.1 Å². The van der Waals surface area contributed by atoms with Gasteiger partial charge in [-0.3, -0.25) is 4.90 Å². The summed E-state index contributed by atoms with van der Waals surface area (Å²) in [7, 11) is 0. The SMILES string of the molecule is CCCCCCCCCC(C)N(CCC(O)CN)C(C)C(C)O. The summed E-state index contributed by atoms with van der Waals surface area (Å²) >= 11 is 0. The Balaban J connectivity index is 4.15. The van der Waals surface area contributed by atoms with E-state index < -0.39 is 6.10 Å². The Labute approximate surface area is 144 Å². The third-order valence-electron chi connectivity index (χ3n) is 5.01. The van der Waals surface area contributed by atoms with Gasteiger partial charge in [-0.25, -0.2) is 0 Å². The molecule has 0 radical (unpaired) electrons. The summed E-state index contributed by atoms with van der Waals surface area (Å²) in [6, 6.07) is 0.541. The minimum absolute atomic E-state index is 0.111. The Bertz CT molecular complexity index is 262. The maximum absolute atomic E-state index is 9.93. The maximum atomic E-state index is 9.93. The monoisotopic (exact) mass is 330 g/mol. The largest absolute Gasteiger partial charge is 0.392 e. The third kappa shape index (κ3) is 11.1. The van der Waals surface area contributed by atoms with Gasteiger partial charge < -0.3 is 15.9 Å². The highest BCUT2D eigenvalue weighted by molar-refractivity contribution is 4.78. The molecule has 0 saturated heterocycles. The molecule has 4 atom stereocenters. The Morgan fingerprint density at radius 1 is 0.870 bits per heavy atom. The predicted octanol–water partition coefficient (Wildman–Crippen LogP) is 3.30. The minimum atomic E-state index is -0.440. The van der Waals surface area contributed by atoms with Crippen LogP contribution in [0.15, 0.2) is 0 Å². The lowest BCUT2D eigenvalue weighted by atomic mass is 10.0. The highest BCUT2D eigenvalue weighted by Gasteiger charge is 2.23. The van der Waals surface area contributed by atoms with Gasteiger partial charge in [0.1, 0.15) is 0 Å². The van der Waals surface area contributed by atoms with E-state index in [1.165, 1.54) is 44.9 Å². The lowest BCUT2D eigenvalue weighted by molar-refractivity contribution is 0.0333. The van der Waals surface area contributed by atoms with Crippen molar-refractivity contribution in [1.82, 2.24) is 4.90 Å². The van der Waals surface area contributed by atoms with E-state index in [1.807, 2.05) is 6.92 Å². The van der Waals surface area contributed by atoms with Gasteiger partial charge in [0.05, 0.1) is 12.2 Å². The number of nitrogens with zero attached hydrogens (tertiary/aromatic N) is 1. The number of hydrogen-bond acceptors (Lipinski definition) is 4. The van der Waals surface area contributed by atoms with E-state index in [9.17, 15) is 10.2 Å². The van der Waals surface area contributed by atoms with Crippen molar-refractivity contribution in [3.63, 3.8) is 0 Å². The molecule has 23 heavy (non-hydrogen) atoms. The van der Waals surface area contributed by atoms with Crippen LogP contribution in [0.1, 0.15) is 85.5 Å². The molecule has 140 valence electrons. The molecular weight excluding hydrogens is 288 g/mol. The molecule has 0 aromatic carbocycles. The molecule has 0 aliphatic rings. The second kappa shape index (κ2) is 14.2. The summed E-state index contributed by atoms with van der Waals surface area (Å²) in [5.41, 5.74) is 5.50. The average molecular weight is 331 g/mol. The van der Waals surface area contributed by atoms with Crippen LogP contribution in [0.5, 0.6) is 0 Å². The fourth-order valence-electron chi connectivity index (χ4n) is 3.08. The zero-order valence-electron chi connectivity index (χ0n) is 16.0. The normalized spacial score (nSPS) is 17.2. The summed E-state index contributed by atoms with van der Waals surface area (Å²) in [6.07, 6.45) is 10.3. The van der Waals surface area contributed by atoms with E-state index in [4.69, 9.17) is 5.73 Å². The number of unbranched alkanes of at least 4 members (excludes halogenated alkanes) is 6. The molecule has 0 rings (SSSR count). The van der Waals surface area contributed by atoms with Gasteiger partial charge in [-0.05, 0) is 33.6 Å². The van der Waals surface area contributed by atoms with E-state index in [0.29, 0.717) is 19.0 Å². The summed E-state index contributed by atoms with van der Waals surface area (Å²) in [5.74, 6) is 0. The number of aliphatic hydroxyl groups is 2. The minimum Gasteiger partial charge on any atom is -0.392 e. The van der Waals surface area contributed by atoms with Gasteiger partial charge >= 0.3 is 0 Å². The van der Waals surface area contributed by atoms with Crippen LogP contribution in [0.2, 0.25) is 0 Å². The van der Waals surface area contributed by atoms with E-state index in [2.05, 4.69) is 25.7 Å². The van der Waals surface area contributed by atoms with Gasteiger partial charge in [0.15, 0.2) is 0 Å². The summed E-state index contributed by atoms with van der Waals surface area (Å²) in [4.78, 5) is 2.33. The standard InChI is InChI=1S/C19H42N2O2/c1-5-6-7-8-9-10-11-12-16(2)21(17(3)18(4)22)14-13-19(23)15-20/h16-19,22-23H,5-15,20H2,1-4H3. The van der Waals surface area contributed by atoms with Gasteiger partial charge in [0.25, 0.3) is 0 Å². The van der Waals surface area contributed by atoms with Crippen molar-refractivity contribution in [1.29, 1.82) is 0 Å². The lowest BCUT2D eigenvalue weighted by Gasteiger charge is -2.36. The van der Waals surface area contributed by atoms with Crippen LogP contribution in [0.3, 0.4) is 0 Å². The van der Waals surface area contributed by atoms with Crippen LogP contribution >= 0.6 is 0 Å². The Kier molecular flexibility index (Phi) is 14.1. The van der Waals surface area contributed by atoms with Gasteiger partial charge in [-0.2, -0.15) is 0 Å². The third-order valence-corrected chi connectivity index (χ3v) is 5.01. The van der Waals surface area contributed by atoms with Gasteiger partial charge in [0.2, 0.25) is 0 Å². The van der Waals surface area contributed by atoms with Crippen molar-refractivity contribution in [2.45, 2.75) is 110 Å².